The van der Waals surface area contributed by atoms with Crippen LogP contribution < -0.4 is 5.32 Å². The molecule has 0 saturated carbocycles. The fourth-order valence-electron chi connectivity index (χ4n) is 1.49. The molecule has 5 heteroatoms. The molecular formula is C9H17NO4. The molecule has 0 radical (unpaired) electrons. The van der Waals surface area contributed by atoms with Crippen molar-refractivity contribution in [2.75, 3.05) is 19.8 Å². The largest absolute Gasteiger partial charge is 0.480 e. The molecule has 0 aromatic rings. The van der Waals surface area contributed by atoms with Crippen molar-refractivity contribution >= 4 is 5.97 Å². The van der Waals surface area contributed by atoms with Crippen LogP contribution in [0.3, 0.4) is 0 Å². The van der Waals surface area contributed by atoms with Gasteiger partial charge in [-0.15, -0.1) is 0 Å². The van der Waals surface area contributed by atoms with Gasteiger partial charge in [-0.05, 0) is 13.8 Å². The zero-order chi connectivity index (χ0) is 10.6. The van der Waals surface area contributed by atoms with Gasteiger partial charge in [0.1, 0.15) is 6.04 Å². The van der Waals surface area contributed by atoms with Gasteiger partial charge < -0.3 is 14.6 Å². The van der Waals surface area contributed by atoms with E-state index in [0.29, 0.717) is 19.8 Å². The smallest absolute Gasteiger partial charge is 0.323 e. The average molecular weight is 203 g/mol. The van der Waals surface area contributed by atoms with Gasteiger partial charge in [-0.2, -0.15) is 0 Å². The van der Waals surface area contributed by atoms with Crippen LogP contribution in [0, 0.1) is 0 Å². The lowest BCUT2D eigenvalue weighted by atomic mass is 10.1. The Balaban J connectivity index is 2.35. The zero-order valence-electron chi connectivity index (χ0n) is 8.53. The van der Waals surface area contributed by atoms with E-state index in [4.69, 9.17) is 14.6 Å². The highest BCUT2D eigenvalue weighted by Crippen LogP contribution is 2.10. The molecule has 0 bridgehead atoms. The van der Waals surface area contributed by atoms with E-state index in [-0.39, 0.29) is 12.2 Å². The lowest BCUT2D eigenvalue weighted by molar-refractivity contribution is -0.151. The number of hydrogen-bond donors (Lipinski definition) is 2. The van der Waals surface area contributed by atoms with Crippen molar-refractivity contribution in [2.45, 2.75) is 32.1 Å². The van der Waals surface area contributed by atoms with Gasteiger partial charge in [-0.3, -0.25) is 10.1 Å². The third-order valence-corrected chi connectivity index (χ3v) is 2.22. The van der Waals surface area contributed by atoms with Crippen molar-refractivity contribution in [3.8, 4) is 0 Å². The van der Waals surface area contributed by atoms with Crippen LogP contribution in [-0.2, 0) is 14.3 Å². The maximum atomic E-state index is 10.7. The van der Waals surface area contributed by atoms with Crippen LogP contribution in [-0.4, -0.2) is 49.1 Å². The van der Waals surface area contributed by atoms with Crippen LogP contribution in [0.25, 0.3) is 0 Å². The molecule has 3 atom stereocenters. The topological polar surface area (TPSA) is 67.8 Å². The van der Waals surface area contributed by atoms with Gasteiger partial charge in [-0.25, -0.2) is 0 Å². The number of aliphatic carboxylic acids is 1. The Hall–Kier alpha value is -0.650. The first-order chi connectivity index (χ1) is 6.65. The Bertz CT molecular complexity index is 197. The summed E-state index contributed by atoms with van der Waals surface area (Å²) in [6, 6.07) is -0.604. The molecule has 1 saturated heterocycles. The molecule has 2 N–H and O–H groups in total. The maximum absolute atomic E-state index is 10.7. The number of carbonyl (C=O) groups is 1. The molecule has 1 aliphatic heterocycles. The van der Waals surface area contributed by atoms with E-state index in [1.807, 2.05) is 6.92 Å². The Morgan fingerprint density at radius 1 is 1.71 bits per heavy atom. The molecule has 1 rings (SSSR count). The fraction of sp³-hybridized carbons (Fsp3) is 0.889. The molecule has 0 spiro atoms. The van der Waals surface area contributed by atoms with Gasteiger partial charge in [0, 0.05) is 13.2 Å². The summed E-state index contributed by atoms with van der Waals surface area (Å²) in [6.45, 7) is 5.36. The SMILES string of the molecule is CCOCC1CNC(C(=O)O)C(C)O1. The summed E-state index contributed by atoms with van der Waals surface area (Å²) in [5.74, 6) is -0.868. The predicted molar refractivity (Wildman–Crippen MR) is 50.3 cm³/mol. The second kappa shape index (κ2) is 5.29. The minimum Gasteiger partial charge on any atom is -0.480 e. The van der Waals surface area contributed by atoms with E-state index in [0.717, 1.165) is 0 Å². The number of carboxylic acid groups (broad SMARTS) is 1. The molecule has 14 heavy (non-hydrogen) atoms. The van der Waals surface area contributed by atoms with Crippen LogP contribution in [0.15, 0.2) is 0 Å². The molecule has 1 aliphatic rings. The van der Waals surface area contributed by atoms with Crippen molar-refractivity contribution in [1.82, 2.24) is 5.32 Å². The van der Waals surface area contributed by atoms with Crippen LogP contribution >= 0.6 is 0 Å². The van der Waals surface area contributed by atoms with Crippen LogP contribution in [0.1, 0.15) is 13.8 Å². The first-order valence-electron chi connectivity index (χ1n) is 4.84. The molecule has 0 amide bonds. The first kappa shape index (κ1) is 11.4. The Labute approximate surface area is 83.4 Å². The Morgan fingerprint density at radius 3 is 2.93 bits per heavy atom. The second-order valence-corrected chi connectivity index (χ2v) is 3.35. The van der Waals surface area contributed by atoms with Crippen molar-refractivity contribution in [1.29, 1.82) is 0 Å². The third kappa shape index (κ3) is 2.94. The number of rotatable bonds is 4. The van der Waals surface area contributed by atoms with E-state index < -0.39 is 12.0 Å². The van der Waals surface area contributed by atoms with E-state index in [2.05, 4.69) is 5.32 Å². The number of carboxylic acids is 1. The number of hydrogen-bond acceptors (Lipinski definition) is 4. The molecule has 1 fully saturated rings. The maximum Gasteiger partial charge on any atom is 0.323 e. The highest BCUT2D eigenvalue weighted by molar-refractivity contribution is 5.74. The van der Waals surface area contributed by atoms with Gasteiger partial charge >= 0.3 is 5.97 Å². The molecule has 82 valence electrons. The first-order valence-corrected chi connectivity index (χ1v) is 4.84. The van der Waals surface area contributed by atoms with E-state index in [9.17, 15) is 4.79 Å². The van der Waals surface area contributed by atoms with Crippen LogP contribution in [0.2, 0.25) is 0 Å². The fourth-order valence-corrected chi connectivity index (χ4v) is 1.49. The molecular weight excluding hydrogens is 186 g/mol. The minimum atomic E-state index is -0.868. The van der Waals surface area contributed by atoms with Crippen molar-refractivity contribution in [2.24, 2.45) is 0 Å². The molecule has 3 unspecified atom stereocenters. The molecule has 5 nitrogen and oxygen atoms in total. The third-order valence-electron chi connectivity index (χ3n) is 2.22. The second-order valence-electron chi connectivity index (χ2n) is 3.35. The van der Waals surface area contributed by atoms with Gasteiger partial charge in [-0.1, -0.05) is 0 Å². The molecule has 0 aromatic carbocycles. The van der Waals surface area contributed by atoms with Crippen molar-refractivity contribution in [3.05, 3.63) is 0 Å². The molecule has 0 aromatic heterocycles. The van der Waals surface area contributed by atoms with Crippen LogP contribution in [0.5, 0.6) is 0 Å². The minimum absolute atomic E-state index is 0.0412. The predicted octanol–water partition coefficient (Wildman–Crippen LogP) is -0.147. The summed E-state index contributed by atoms with van der Waals surface area (Å²) in [6.07, 6.45) is -0.354. The Kier molecular flexibility index (Phi) is 4.31. The highest BCUT2D eigenvalue weighted by Gasteiger charge is 2.32. The summed E-state index contributed by atoms with van der Waals surface area (Å²) >= 11 is 0. The van der Waals surface area contributed by atoms with E-state index >= 15 is 0 Å². The number of morpholine rings is 1. The summed E-state index contributed by atoms with van der Waals surface area (Å²) in [5.41, 5.74) is 0. The van der Waals surface area contributed by atoms with E-state index in [1.54, 1.807) is 6.92 Å². The molecule has 0 aliphatic carbocycles. The highest BCUT2D eigenvalue weighted by atomic mass is 16.5. The summed E-state index contributed by atoms with van der Waals surface area (Å²) < 4.78 is 10.7. The van der Waals surface area contributed by atoms with Crippen LogP contribution in [0.4, 0.5) is 0 Å². The van der Waals surface area contributed by atoms with Crippen molar-refractivity contribution in [3.63, 3.8) is 0 Å². The summed E-state index contributed by atoms with van der Waals surface area (Å²) in [5, 5.41) is 11.7. The summed E-state index contributed by atoms with van der Waals surface area (Å²) in [4.78, 5) is 10.7. The normalized spacial score (nSPS) is 32.9. The standard InChI is InChI=1S/C9H17NO4/c1-3-13-5-7-4-10-8(9(11)12)6(2)14-7/h6-8,10H,3-5H2,1-2H3,(H,11,12). The lowest BCUT2D eigenvalue weighted by Crippen LogP contribution is -2.56. The van der Waals surface area contributed by atoms with E-state index in [1.165, 1.54) is 0 Å². The van der Waals surface area contributed by atoms with Gasteiger partial charge in [0.2, 0.25) is 0 Å². The van der Waals surface area contributed by atoms with Gasteiger partial charge in [0.05, 0.1) is 18.8 Å². The summed E-state index contributed by atoms with van der Waals surface area (Å²) in [7, 11) is 0. The van der Waals surface area contributed by atoms with Gasteiger partial charge in [0.15, 0.2) is 0 Å². The lowest BCUT2D eigenvalue weighted by Gasteiger charge is -2.33. The van der Waals surface area contributed by atoms with Crippen molar-refractivity contribution < 1.29 is 19.4 Å². The zero-order valence-corrected chi connectivity index (χ0v) is 8.53. The number of ether oxygens (including phenoxy) is 2. The quantitative estimate of drug-likeness (QED) is 0.665. The molecule has 1 heterocycles. The average Bonchev–Trinajstić information content (AvgIpc) is 2.14. The monoisotopic (exact) mass is 203 g/mol. The number of nitrogens with one attached hydrogen (secondary N) is 1. The van der Waals surface area contributed by atoms with Gasteiger partial charge in [0.25, 0.3) is 0 Å². The Morgan fingerprint density at radius 2 is 2.43 bits per heavy atom.